The van der Waals surface area contributed by atoms with Gasteiger partial charge in [0, 0.05) is 6.42 Å². The van der Waals surface area contributed by atoms with Crippen LogP contribution >= 0.6 is 0 Å². The van der Waals surface area contributed by atoms with E-state index in [-0.39, 0.29) is 18.9 Å². The predicted molar refractivity (Wildman–Crippen MR) is 72.9 cm³/mol. The molecule has 1 aromatic carbocycles. The molecule has 1 amide bonds. The Morgan fingerprint density at radius 3 is 2.53 bits per heavy atom. The molecule has 0 aliphatic carbocycles. The highest BCUT2D eigenvalue weighted by atomic mass is 16.4. The third-order valence-electron chi connectivity index (χ3n) is 2.63. The van der Waals surface area contributed by atoms with Gasteiger partial charge in [-0.25, -0.2) is 4.79 Å². The second-order valence-electron chi connectivity index (χ2n) is 4.32. The van der Waals surface area contributed by atoms with Gasteiger partial charge in [0.15, 0.2) is 0 Å². The molecule has 5 nitrogen and oxygen atoms in total. The number of carbonyl (C=O) groups is 2. The molecule has 0 heterocycles. The minimum Gasteiger partial charge on any atom is -0.480 e. The quantitative estimate of drug-likeness (QED) is 0.607. The largest absolute Gasteiger partial charge is 0.480 e. The van der Waals surface area contributed by atoms with Crippen LogP contribution in [0.25, 0.3) is 0 Å². The standard InChI is InChI=1S/C14H20N2O3/c1-2-8-15-10-13(17)16-12(14(18)19)9-11-6-4-3-5-7-11/h3-7,12,15H,2,8-10H2,1H3,(H,16,17)(H,18,19)/t12-/m0/s1. The van der Waals surface area contributed by atoms with Crippen molar-refractivity contribution in [2.45, 2.75) is 25.8 Å². The van der Waals surface area contributed by atoms with Crippen molar-refractivity contribution in [2.24, 2.45) is 0 Å². The summed E-state index contributed by atoms with van der Waals surface area (Å²) >= 11 is 0. The molecule has 0 bridgehead atoms. The minimum absolute atomic E-state index is 0.145. The highest BCUT2D eigenvalue weighted by Gasteiger charge is 2.19. The Morgan fingerprint density at radius 1 is 1.26 bits per heavy atom. The zero-order valence-corrected chi connectivity index (χ0v) is 11.1. The van der Waals surface area contributed by atoms with Gasteiger partial charge >= 0.3 is 5.97 Å². The van der Waals surface area contributed by atoms with Crippen LogP contribution in [-0.2, 0) is 16.0 Å². The van der Waals surface area contributed by atoms with Gasteiger partial charge in [-0.05, 0) is 18.5 Å². The zero-order valence-electron chi connectivity index (χ0n) is 11.1. The summed E-state index contributed by atoms with van der Waals surface area (Å²) in [5.74, 6) is -1.32. The Labute approximate surface area is 113 Å². The molecule has 104 valence electrons. The normalized spacial score (nSPS) is 11.8. The van der Waals surface area contributed by atoms with Gasteiger partial charge < -0.3 is 15.7 Å². The Bertz CT molecular complexity index is 406. The van der Waals surface area contributed by atoms with E-state index in [1.807, 2.05) is 37.3 Å². The van der Waals surface area contributed by atoms with E-state index >= 15 is 0 Å². The lowest BCUT2D eigenvalue weighted by atomic mass is 10.1. The molecule has 1 aromatic rings. The van der Waals surface area contributed by atoms with Gasteiger partial charge in [0.05, 0.1) is 6.54 Å². The molecular formula is C14H20N2O3. The van der Waals surface area contributed by atoms with Crippen molar-refractivity contribution in [3.8, 4) is 0 Å². The molecule has 1 atom stereocenters. The monoisotopic (exact) mass is 264 g/mol. The van der Waals surface area contributed by atoms with Crippen LogP contribution in [0.15, 0.2) is 30.3 Å². The molecule has 0 spiro atoms. The number of benzene rings is 1. The highest BCUT2D eigenvalue weighted by molar-refractivity contribution is 5.84. The fourth-order valence-electron chi connectivity index (χ4n) is 1.67. The Balaban J connectivity index is 2.49. The number of hydrogen-bond donors (Lipinski definition) is 3. The average Bonchev–Trinajstić information content (AvgIpc) is 2.39. The first-order chi connectivity index (χ1) is 9.13. The van der Waals surface area contributed by atoms with Gasteiger partial charge in [-0.15, -0.1) is 0 Å². The van der Waals surface area contributed by atoms with Crippen molar-refractivity contribution in [2.75, 3.05) is 13.1 Å². The maximum Gasteiger partial charge on any atom is 0.326 e. The van der Waals surface area contributed by atoms with Gasteiger partial charge in [-0.2, -0.15) is 0 Å². The first kappa shape index (κ1) is 15.2. The summed E-state index contributed by atoms with van der Waals surface area (Å²) in [6.07, 6.45) is 1.22. The summed E-state index contributed by atoms with van der Waals surface area (Å²) in [5, 5.41) is 14.6. The molecule has 0 aromatic heterocycles. The minimum atomic E-state index is -1.02. The molecule has 5 heteroatoms. The van der Waals surface area contributed by atoms with Crippen LogP contribution in [0.3, 0.4) is 0 Å². The van der Waals surface area contributed by atoms with Crippen LogP contribution in [0.5, 0.6) is 0 Å². The van der Waals surface area contributed by atoms with Gasteiger partial charge in [-0.1, -0.05) is 37.3 Å². The number of amides is 1. The highest BCUT2D eigenvalue weighted by Crippen LogP contribution is 2.03. The number of hydrogen-bond acceptors (Lipinski definition) is 3. The fraction of sp³-hybridized carbons (Fsp3) is 0.429. The Morgan fingerprint density at radius 2 is 1.95 bits per heavy atom. The molecule has 0 unspecified atom stereocenters. The van der Waals surface area contributed by atoms with Crippen molar-refractivity contribution in [1.82, 2.24) is 10.6 Å². The lowest BCUT2D eigenvalue weighted by Gasteiger charge is -2.14. The van der Waals surface area contributed by atoms with E-state index in [9.17, 15) is 9.59 Å². The second kappa shape index (κ2) is 8.26. The average molecular weight is 264 g/mol. The lowest BCUT2D eigenvalue weighted by Crippen LogP contribution is -2.45. The van der Waals surface area contributed by atoms with E-state index < -0.39 is 12.0 Å². The first-order valence-corrected chi connectivity index (χ1v) is 6.40. The maximum atomic E-state index is 11.6. The van der Waals surface area contributed by atoms with Gasteiger partial charge in [0.25, 0.3) is 0 Å². The van der Waals surface area contributed by atoms with E-state index in [2.05, 4.69) is 10.6 Å². The van der Waals surface area contributed by atoms with E-state index in [1.165, 1.54) is 0 Å². The molecule has 0 fully saturated rings. The topological polar surface area (TPSA) is 78.4 Å². The van der Waals surface area contributed by atoms with Crippen LogP contribution in [0, 0.1) is 0 Å². The van der Waals surface area contributed by atoms with Crippen LogP contribution in [0.2, 0.25) is 0 Å². The summed E-state index contributed by atoms with van der Waals surface area (Å²) in [6, 6.07) is 8.36. The number of carbonyl (C=O) groups excluding carboxylic acids is 1. The molecule has 0 saturated heterocycles. The van der Waals surface area contributed by atoms with E-state index in [0.29, 0.717) is 0 Å². The zero-order chi connectivity index (χ0) is 14.1. The van der Waals surface area contributed by atoms with Crippen molar-refractivity contribution in [3.05, 3.63) is 35.9 Å². The van der Waals surface area contributed by atoms with Crippen LogP contribution in [-0.4, -0.2) is 36.1 Å². The number of carboxylic acids is 1. The summed E-state index contributed by atoms with van der Waals surface area (Å²) in [7, 11) is 0. The molecule has 0 aliphatic heterocycles. The smallest absolute Gasteiger partial charge is 0.326 e. The second-order valence-corrected chi connectivity index (χ2v) is 4.32. The fourth-order valence-corrected chi connectivity index (χ4v) is 1.67. The number of rotatable bonds is 8. The molecular weight excluding hydrogens is 244 g/mol. The molecule has 3 N–H and O–H groups in total. The van der Waals surface area contributed by atoms with E-state index in [0.717, 1.165) is 18.5 Å². The van der Waals surface area contributed by atoms with Crippen LogP contribution in [0.4, 0.5) is 0 Å². The molecule has 0 aliphatic rings. The number of aliphatic carboxylic acids is 1. The number of nitrogens with one attached hydrogen (secondary N) is 2. The van der Waals surface area contributed by atoms with Crippen LogP contribution < -0.4 is 10.6 Å². The van der Waals surface area contributed by atoms with E-state index in [1.54, 1.807) is 0 Å². The molecule has 0 radical (unpaired) electrons. The molecule has 19 heavy (non-hydrogen) atoms. The summed E-state index contributed by atoms with van der Waals surface area (Å²) < 4.78 is 0. The Kier molecular flexibility index (Phi) is 6.60. The third kappa shape index (κ3) is 6.01. The van der Waals surface area contributed by atoms with Gasteiger partial charge in [0.2, 0.25) is 5.91 Å². The summed E-state index contributed by atoms with van der Waals surface area (Å²) in [4.78, 5) is 22.7. The number of carboxylic acid groups (broad SMARTS) is 1. The third-order valence-corrected chi connectivity index (χ3v) is 2.63. The Hall–Kier alpha value is -1.88. The summed E-state index contributed by atoms with van der Waals surface area (Å²) in [5.41, 5.74) is 0.886. The molecule has 1 rings (SSSR count). The van der Waals surface area contributed by atoms with Crippen molar-refractivity contribution in [3.63, 3.8) is 0 Å². The van der Waals surface area contributed by atoms with Crippen molar-refractivity contribution in [1.29, 1.82) is 0 Å². The van der Waals surface area contributed by atoms with Gasteiger partial charge in [0.1, 0.15) is 6.04 Å². The SMILES string of the molecule is CCCNCC(=O)N[C@@H](Cc1ccccc1)C(=O)O. The van der Waals surface area contributed by atoms with Gasteiger partial charge in [-0.3, -0.25) is 4.79 Å². The molecule has 0 saturated carbocycles. The van der Waals surface area contributed by atoms with Crippen molar-refractivity contribution < 1.29 is 14.7 Å². The maximum absolute atomic E-state index is 11.6. The lowest BCUT2D eigenvalue weighted by molar-refractivity contribution is -0.141. The first-order valence-electron chi connectivity index (χ1n) is 6.40. The van der Waals surface area contributed by atoms with Crippen molar-refractivity contribution >= 4 is 11.9 Å². The van der Waals surface area contributed by atoms with E-state index in [4.69, 9.17) is 5.11 Å². The predicted octanol–water partition coefficient (Wildman–Crippen LogP) is 0.798. The van der Waals surface area contributed by atoms with Crippen LogP contribution in [0.1, 0.15) is 18.9 Å². The summed E-state index contributed by atoms with van der Waals surface area (Å²) in [6.45, 7) is 2.89.